The summed E-state index contributed by atoms with van der Waals surface area (Å²) in [7, 11) is 1.49. The highest BCUT2D eigenvalue weighted by atomic mass is 16.5. The molecule has 0 aromatic heterocycles. The molecule has 0 fully saturated rings. The smallest absolute Gasteiger partial charge is 0.326 e. The van der Waals surface area contributed by atoms with Crippen LogP contribution < -0.4 is 5.32 Å². The average molecular weight is 307 g/mol. The van der Waals surface area contributed by atoms with Gasteiger partial charge in [0, 0.05) is 20.1 Å². The normalized spacial score (nSPS) is 18.3. The maximum Gasteiger partial charge on any atom is 0.326 e. The van der Waals surface area contributed by atoms with Crippen LogP contribution in [0, 0.1) is 0 Å². The third-order valence-electron chi connectivity index (χ3n) is 3.71. The van der Waals surface area contributed by atoms with Gasteiger partial charge in [0.15, 0.2) is 0 Å². The number of carbonyl (C=O) groups excluding carboxylic acids is 1. The van der Waals surface area contributed by atoms with E-state index in [9.17, 15) is 9.59 Å². The van der Waals surface area contributed by atoms with Crippen LogP contribution in [0.1, 0.15) is 30.1 Å². The number of aliphatic carboxylic acids is 1. The quantitative estimate of drug-likeness (QED) is 0.793. The van der Waals surface area contributed by atoms with Crippen LogP contribution in [0.5, 0.6) is 0 Å². The van der Waals surface area contributed by atoms with E-state index in [1.165, 1.54) is 12.7 Å². The summed E-state index contributed by atoms with van der Waals surface area (Å²) in [6.07, 6.45) is 0.870. The van der Waals surface area contributed by atoms with E-state index in [1.54, 1.807) is 0 Å². The van der Waals surface area contributed by atoms with E-state index in [1.807, 2.05) is 24.3 Å². The molecule has 0 saturated carbocycles. The Balaban J connectivity index is 1.96. The van der Waals surface area contributed by atoms with Crippen molar-refractivity contribution in [3.8, 4) is 0 Å². The minimum absolute atomic E-state index is 0.119. The zero-order valence-electron chi connectivity index (χ0n) is 12.6. The second kappa shape index (κ2) is 7.91. The van der Waals surface area contributed by atoms with E-state index < -0.39 is 12.0 Å². The first-order valence-corrected chi connectivity index (χ1v) is 7.32. The van der Waals surface area contributed by atoms with Gasteiger partial charge in [-0.1, -0.05) is 24.3 Å². The number of hydrogen-bond acceptors (Lipinski definition) is 4. The van der Waals surface area contributed by atoms with Gasteiger partial charge >= 0.3 is 5.97 Å². The maximum absolute atomic E-state index is 12.1. The molecule has 1 aliphatic heterocycles. The lowest BCUT2D eigenvalue weighted by molar-refractivity contribution is -0.142. The van der Waals surface area contributed by atoms with E-state index in [0.29, 0.717) is 6.61 Å². The molecule has 1 aromatic rings. The van der Waals surface area contributed by atoms with Crippen molar-refractivity contribution in [1.29, 1.82) is 0 Å². The fraction of sp³-hybridized carbons (Fsp3) is 0.500. The monoisotopic (exact) mass is 307 g/mol. The van der Waals surface area contributed by atoms with Crippen LogP contribution >= 0.6 is 0 Å². The highest BCUT2D eigenvalue weighted by molar-refractivity contribution is 5.83. The second-order valence-electron chi connectivity index (χ2n) is 5.25. The van der Waals surface area contributed by atoms with Crippen LogP contribution in [-0.2, 0) is 25.5 Å². The fourth-order valence-corrected chi connectivity index (χ4v) is 2.56. The molecule has 6 nitrogen and oxygen atoms in total. The number of nitrogens with one attached hydrogen (secondary N) is 1. The minimum atomic E-state index is -1.06. The summed E-state index contributed by atoms with van der Waals surface area (Å²) < 4.78 is 10.5. The van der Waals surface area contributed by atoms with Crippen molar-refractivity contribution in [3.05, 3.63) is 35.4 Å². The first kappa shape index (κ1) is 16.5. The Labute approximate surface area is 129 Å². The molecule has 2 N–H and O–H groups in total. The summed E-state index contributed by atoms with van der Waals surface area (Å²) in [6.45, 7) is 0.848. The van der Waals surface area contributed by atoms with Gasteiger partial charge in [-0.05, 0) is 17.5 Å². The summed E-state index contributed by atoms with van der Waals surface area (Å²) in [4.78, 5) is 23.2. The minimum Gasteiger partial charge on any atom is -0.480 e. The van der Waals surface area contributed by atoms with Crippen molar-refractivity contribution >= 4 is 11.9 Å². The molecule has 1 aliphatic rings. The van der Waals surface area contributed by atoms with Gasteiger partial charge in [-0.2, -0.15) is 0 Å². The number of benzene rings is 1. The number of carboxylic acids is 1. The molecule has 22 heavy (non-hydrogen) atoms. The lowest BCUT2D eigenvalue weighted by atomic mass is 9.95. The maximum atomic E-state index is 12.1. The Morgan fingerprint density at radius 2 is 2.23 bits per heavy atom. The molecule has 0 bridgehead atoms. The van der Waals surface area contributed by atoms with Gasteiger partial charge in [-0.15, -0.1) is 0 Å². The molecule has 2 rings (SSSR count). The summed E-state index contributed by atoms with van der Waals surface area (Å²) >= 11 is 0. The molecular formula is C16H21NO5. The number of carbonyl (C=O) groups is 2. The molecule has 120 valence electrons. The van der Waals surface area contributed by atoms with Crippen LogP contribution in [-0.4, -0.2) is 43.3 Å². The van der Waals surface area contributed by atoms with E-state index in [2.05, 4.69) is 5.32 Å². The first-order chi connectivity index (χ1) is 10.6. The van der Waals surface area contributed by atoms with Gasteiger partial charge < -0.3 is 19.9 Å². The number of hydrogen-bond donors (Lipinski definition) is 2. The molecule has 0 saturated heterocycles. The van der Waals surface area contributed by atoms with Gasteiger partial charge in [0.05, 0.1) is 19.1 Å². The summed E-state index contributed by atoms with van der Waals surface area (Å²) in [5.41, 5.74) is 2.19. The fourth-order valence-electron chi connectivity index (χ4n) is 2.56. The largest absolute Gasteiger partial charge is 0.480 e. The molecule has 6 heteroatoms. The van der Waals surface area contributed by atoms with Crippen LogP contribution in [0.2, 0.25) is 0 Å². The predicted octanol–water partition coefficient (Wildman–Crippen LogP) is 1.30. The van der Waals surface area contributed by atoms with Crippen molar-refractivity contribution in [1.82, 2.24) is 5.32 Å². The Bertz CT molecular complexity index is 531. The molecule has 0 radical (unpaired) electrons. The number of rotatable bonds is 7. The van der Waals surface area contributed by atoms with Crippen molar-refractivity contribution in [3.63, 3.8) is 0 Å². The lowest BCUT2D eigenvalue weighted by Crippen LogP contribution is -2.42. The number of methoxy groups -OCH3 is 1. The van der Waals surface area contributed by atoms with Crippen molar-refractivity contribution in [2.75, 3.05) is 20.3 Å². The van der Waals surface area contributed by atoms with E-state index in [0.717, 1.165) is 12.0 Å². The zero-order chi connectivity index (χ0) is 15.9. The van der Waals surface area contributed by atoms with Gasteiger partial charge in [0.2, 0.25) is 5.91 Å². The molecule has 0 spiro atoms. The van der Waals surface area contributed by atoms with Gasteiger partial charge in [0.25, 0.3) is 0 Å². The van der Waals surface area contributed by atoms with Crippen molar-refractivity contribution in [2.45, 2.75) is 31.4 Å². The van der Waals surface area contributed by atoms with Crippen molar-refractivity contribution in [2.24, 2.45) is 0 Å². The molecule has 1 amide bonds. The van der Waals surface area contributed by atoms with E-state index >= 15 is 0 Å². The second-order valence-corrected chi connectivity index (χ2v) is 5.25. The number of carboxylic acid groups (broad SMARTS) is 1. The van der Waals surface area contributed by atoms with Crippen LogP contribution in [0.25, 0.3) is 0 Å². The van der Waals surface area contributed by atoms with Gasteiger partial charge in [0.1, 0.15) is 6.04 Å². The molecule has 1 aromatic carbocycles. The highest BCUT2D eigenvalue weighted by Gasteiger charge is 2.25. The Hall–Kier alpha value is -1.92. The third kappa shape index (κ3) is 4.29. The Morgan fingerprint density at radius 3 is 2.95 bits per heavy atom. The molecule has 2 unspecified atom stereocenters. The summed E-state index contributed by atoms with van der Waals surface area (Å²) in [5.74, 6) is -1.39. The standard InChI is InChI=1S/C16H21NO5/c1-21-8-7-13(16(19)20)17-15(18)10-14-12-5-3-2-4-11(12)6-9-22-14/h2-5,13-14H,6-10H2,1H3,(H,17,18)(H,19,20). The Morgan fingerprint density at radius 1 is 1.45 bits per heavy atom. The lowest BCUT2D eigenvalue weighted by Gasteiger charge is -2.26. The van der Waals surface area contributed by atoms with Crippen LogP contribution in [0.3, 0.4) is 0 Å². The van der Waals surface area contributed by atoms with Crippen LogP contribution in [0.15, 0.2) is 24.3 Å². The Kier molecular flexibility index (Phi) is 5.91. The topological polar surface area (TPSA) is 84.9 Å². The van der Waals surface area contributed by atoms with Crippen molar-refractivity contribution < 1.29 is 24.2 Å². The molecular weight excluding hydrogens is 286 g/mol. The zero-order valence-corrected chi connectivity index (χ0v) is 12.6. The SMILES string of the molecule is COCCC(NC(=O)CC1OCCc2ccccc21)C(=O)O. The third-order valence-corrected chi connectivity index (χ3v) is 3.71. The molecule has 1 heterocycles. The van der Waals surface area contributed by atoms with E-state index in [4.69, 9.17) is 14.6 Å². The van der Waals surface area contributed by atoms with Crippen LogP contribution in [0.4, 0.5) is 0 Å². The first-order valence-electron chi connectivity index (χ1n) is 7.32. The molecule has 0 aliphatic carbocycles. The van der Waals surface area contributed by atoms with Gasteiger partial charge in [-0.25, -0.2) is 4.79 Å². The number of ether oxygens (including phenoxy) is 2. The van der Waals surface area contributed by atoms with Gasteiger partial charge in [-0.3, -0.25) is 4.79 Å². The highest BCUT2D eigenvalue weighted by Crippen LogP contribution is 2.29. The molecule has 2 atom stereocenters. The number of fused-ring (bicyclic) bond motifs is 1. The summed E-state index contributed by atoms with van der Waals surface area (Å²) in [5, 5.41) is 11.6. The predicted molar refractivity (Wildman–Crippen MR) is 79.5 cm³/mol. The average Bonchev–Trinajstić information content (AvgIpc) is 2.51. The van der Waals surface area contributed by atoms with E-state index in [-0.39, 0.29) is 31.5 Å². The summed E-state index contributed by atoms with van der Waals surface area (Å²) in [6, 6.07) is 6.92. The number of amides is 1.